The lowest BCUT2D eigenvalue weighted by Gasteiger charge is -2.07. The summed E-state index contributed by atoms with van der Waals surface area (Å²) in [4.78, 5) is 13.1. The van der Waals surface area contributed by atoms with Crippen LogP contribution in [0.2, 0.25) is 0 Å². The second-order valence-corrected chi connectivity index (χ2v) is 4.38. The lowest BCUT2D eigenvalue weighted by atomic mass is 10.1. The van der Waals surface area contributed by atoms with Crippen molar-refractivity contribution in [1.82, 2.24) is 0 Å². The number of hydrogen-bond acceptors (Lipinski definition) is 3. The molecule has 1 rings (SSSR count). The molecule has 0 heterocycles. The van der Waals surface area contributed by atoms with Gasteiger partial charge in [0.15, 0.2) is 0 Å². The molecule has 70 valence electrons. The van der Waals surface area contributed by atoms with Gasteiger partial charge in [0.2, 0.25) is 0 Å². The second kappa shape index (κ2) is 4.72. The van der Waals surface area contributed by atoms with Crippen LogP contribution in [0.15, 0.2) is 21.9 Å². The fourth-order valence-corrected chi connectivity index (χ4v) is 2.68. The van der Waals surface area contributed by atoms with Gasteiger partial charge < -0.3 is 0 Å². The summed E-state index contributed by atoms with van der Waals surface area (Å²) >= 11 is 3.40. The molecule has 0 amide bonds. The molecule has 13 heavy (non-hydrogen) atoms. The molecule has 1 aromatic rings. The SMILES string of the molecule is CSc1cc(C)c(C=O)cc1SC. The largest absolute Gasteiger partial charge is 0.298 e. The molecule has 0 bridgehead atoms. The summed E-state index contributed by atoms with van der Waals surface area (Å²) < 4.78 is 0. The average molecular weight is 212 g/mol. The normalized spacial score (nSPS) is 10.1. The molecule has 0 saturated heterocycles. The van der Waals surface area contributed by atoms with Crippen LogP contribution in [-0.2, 0) is 0 Å². The molecule has 3 heteroatoms. The van der Waals surface area contributed by atoms with Crippen molar-refractivity contribution in [3.63, 3.8) is 0 Å². The fraction of sp³-hybridized carbons (Fsp3) is 0.300. The van der Waals surface area contributed by atoms with E-state index in [1.807, 2.05) is 19.2 Å². The summed E-state index contributed by atoms with van der Waals surface area (Å²) in [5.41, 5.74) is 1.85. The van der Waals surface area contributed by atoms with Crippen LogP contribution in [0.25, 0.3) is 0 Å². The molecule has 1 aromatic carbocycles. The van der Waals surface area contributed by atoms with Gasteiger partial charge in [0.1, 0.15) is 6.29 Å². The van der Waals surface area contributed by atoms with Crippen molar-refractivity contribution in [2.24, 2.45) is 0 Å². The molecule has 0 N–H and O–H groups in total. The van der Waals surface area contributed by atoms with E-state index in [9.17, 15) is 4.79 Å². The molecule has 0 aliphatic heterocycles. The maximum Gasteiger partial charge on any atom is 0.150 e. The molecule has 0 unspecified atom stereocenters. The van der Waals surface area contributed by atoms with Crippen LogP contribution in [0.4, 0.5) is 0 Å². The molecular weight excluding hydrogens is 200 g/mol. The number of aldehydes is 1. The summed E-state index contributed by atoms with van der Waals surface area (Å²) in [7, 11) is 0. The zero-order valence-electron chi connectivity index (χ0n) is 7.96. The highest BCUT2D eigenvalue weighted by Gasteiger charge is 2.04. The lowest BCUT2D eigenvalue weighted by Crippen LogP contribution is -1.89. The van der Waals surface area contributed by atoms with Crippen LogP contribution in [0.5, 0.6) is 0 Å². The van der Waals surface area contributed by atoms with Gasteiger partial charge in [-0.25, -0.2) is 0 Å². The Hall–Kier alpha value is -0.410. The molecule has 0 spiro atoms. The zero-order chi connectivity index (χ0) is 9.84. The van der Waals surface area contributed by atoms with Gasteiger partial charge in [-0.2, -0.15) is 0 Å². The molecule has 0 saturated carbocycles. The van der Waals surface area contributed by atoms with Crippen molar-refractivity contribution in [1.29, 1.82) is 0 Å². The van der Waals surface area contributed by atoms with Crippen LogP contribution in [0, 0.1) is 6.92 Å². The minimum Gasteiger partial charge on any atom is -0.298 e. The van der Waals surface area contributed by atoms with Gasteiger partial charge in [0.25, 0.3) is 0 Å². The number of rotatable bonds is 3. The third-order valence-electron chi connectivity index (χ3n) is 1.90. The van der Waals surface area contributed by atoms with Crippen LogP contribution in [0.1, 0.15) is 15.9 Å². The molecule has 0 fully saturated rings. The Morgan fingerprint density at radius 3 is 2.15 bits per heavy atom. The van der Waals surface area contributed by atoms with Gasteiger partial charge in [0, 0.05) is 15.4 Å². The first-order chi connectivity index (χ1) is 6.22. The molecule has 0 aromatic heterocycles. The Balaban J connectivity index is 3.26. The number of carbonyl (C=O) groups is 1. The molecular formula is C10H12OS2. The molecule has 0 radical (unpaired) electrons. The smallest absolute Gasteiger partial charge is 0.150 e. The van der Waals surface area contributed by atoms with E-state index in [0.29, 0.717) is 0 Å². The van der Waals surface area contributed by atoms with Gasteiger partial charge in [0.05, 0.1) is 0 Å². The Morgan fingerprint density at radius 2 is 1.69 bits per heavy atom. The Bertz CT molecular complexity index is 321. The summed E-state index contributed by atoms with van der Waals surface area (Å²) in [6, 6.07) is 4.03. The minimum absolute atomic E-state index is 0.794. The van der Waals surface area contributed by atoms with Crippen molar-refractivity contribution in [2.75, 3.05) is 12.5 Å². The summed E-state index contributed by atoms with van der Waals surface area (Å²) in [5, 5.41) is 0. The van der Waals surface area contributed by atoms with Crippen molar-refractivity contribution < 1.29 is 4.79 Å². The van der Waals surface area contributed by atoms with Crippen LogP contribution < -0.4 is 0 Å². The van der Waals surface area contributed by atoms with E-state index in [0.717, 1.165) is 17.4 Å². The monoisotopic (exact) mass is 212 g/mol. The second-order valence-electron chi connectivity index (χ2n) is 2.68. The highest BCUT2D eigenvalue weighted by molar-refractivity contribution is 8.01. The fourth-order valence-electron chi connectivity index (χ4n) is 1.12. The summed E-state index contributed by atoms with van der Waals surface area (Å²) in [6.45, 7) is 1.97. The van der Waals surface area contributed by atoms with Crippen molar-refractivity contribution in [3.8, 4) is 0 Å². The predicted molar refractivity (Wildman–Crippen MR) is 60.1 cm³/mol. The first kappa shape index (κ1) is 10.7. The first-order valence-electron chi connectivity index (χ1n) is 3.90. The van der Waals surface area contributed by atoms with Gasteiger partial charge in [-0.05, 0) is 37.1 Å². The number of thioether (sulfide) groups is 2. The highest BCUT2D eigenvalue weighted by atomic mass is 32.2. The predicted octanol–water partition coefficient (Wildman–Crippen LogP) is 3.25. The van der Waals surface area contributed by atoms with E-state index in [2.05, 4.69) is 12.3 Å². The van der Waals surface area contributed by atoms with Crippen molar-refractivity contribution in [2.45, 2.75) is 16.7 Å². The van der Waals surface area contributed by atoms with Gasteiger partial charge in [-0.3, -0.25) is 4.79 Å². The number of aryl methyl sites for hydroxylation is 1. The van der Waals surface area contributed by atoms with Crippen molar-refractivity contribution >= 4 is 29.8 Å². The Kier molecular flexibility index (Phi) is 3.88. The van der Waals surface area contributed by atoms with Gasteiger partial charge >= 0.3 is 0 Å². The quantitative estimate of drug-likeness (QED) is 0.565. The lowest BCUT2D eigenvalue weighted by molar-refractivity contribution is 0.112. The highest BCUT2D eigenvalue weighted by Crippen LogP contribution is 2.30. The average Bonchev–Trinajstić information content (AvgIpc) is 2.17. The van der Waals surface area contributed by atoms with E-state index >= 15 is 0 Å². The van der Waals surface area contributed by atoms with E-state index in [1.165, 1.54) is 9.79 Å². The van der Waals surface area contributed by atoms with E-state index in [1.54, 1.807) is 23.5 Å². The number of benzene rings is 1. The van der Waals surface area contributed by atoms with Crippen LogP contribution in [0.3, 0.4) is 0 Å². The third kappa shape index (κ3) is 2.29. The third-order valence-corrected chi connectivity index (χ3v) is 3.58. The molecule has 1 nitrogen and oxygen atoms in total. The van der Waals surface area contributed by atoms with Crippen LogP contribution in [-0.4, -0.2) is 18.8 Å². The van der Waals surface area contributed by atoms with Gasteiger partial charge in [-0.15, -0.1) is 23.5 Å². The maximum atomic E-state index is 10.7. The van der Waals surface area contributed by atoms with Crippen LogP contribution >= 0.6 is 23.5 Å². The zero-order valence-corrected chi connectivity index (χ0v) is 9.59. The van der Waals surface area contributed by atoms with Crippen molar-refractivity contribution in [3.05, 3.63) is 23.3 Å². The Morgan fingerprint density at radius 1 is 1.15 bits per heavy atom. The maximum absolute atomic E-state index is 10.7. The summed E-state index contributed by atoms with van der Waals surface area (Å²) in [5.74, 6) is 0. The van der Waals surface area contributed by atoms with E-state index in [4.69, 9.17) is 0 Å². The first-order valence-corrected chi connectivity index (χ1v) is 6.35. The molecule has 0 atom stereocenters. The standard InChI is InChI=1S/C10H12OS2/c1-7-4-9(12-2)10(13-3)5-8(7)6-11/h4-6H,1-3H3. The molecule has 0 aliphatic rings. The number of hydrogen-bond donors (Lipinski definition) is 0. The summed E-state index contributed by atoms with van der Waals surface area (Å²) in [6.07, 6.45) is 4.99. The van der Waals surface area contributed by atoms with Gasteiger partial charge in [-0.1, -0.05) is 0 Å². The minimum atomic E-state index is 0.794. The van der Waals surface area contributed by atoms with E-state index < -0.39 is 0 Å². The molecule has 0 aliphatic carbocycles. The topological polar surface area (TPSA) is 17.1 Å². The van der Waals surface area contributed by atoms with E-state index in [-0.39, 0.29) is 0 Å². The number of carbonyl (C=O) groups excluding carboxylic acids is 1. The Labute approximate surface area is 87.3 Å².